The number of carboxylic acids is 1. The Morgan fingerprint density at radius 3 is 3.09 bits per heavy atom. The zero-order chi connectivity index (χ0) is 8.27. The van der Waals surface area contributed by atoms with Crippen molar-refractivity contribution >= 4 is 5.97 Å². The molecular weight excluding hydrogens is 148 g/mol. The van der Waals surface area contributed by atoms with Crippen LogP contribution in [0.3, 0.4) is 0 Å². The average molecular weight is 156 g/mol. The monoisotopic (exact) mass is 156 g/mol. The van der Waals surface area contributed by atoms with Crippen LogP contribution in [0.5, 0.6) is 0 Å². The summed E-state index contributed by atoms with van der Waals surface area (Å²) in [5.41, 5.74) is 5.21. The van der Waals surface area contributed by atoms with Gasteiger partial charge in [-0.2, -0.15) is 5.10 Å². The molecular formula is C5H8N4O2. The van der Waals surface area contributed by atoms with Crippen molar-refractivity contribution in [2.75, 3.05) is 6.54 Å². The molecule has 60 valence electrons. The molecule has 0 unspecified atom stereocenters. The van der Waals surface area contributed by atoms with Crippen LogP contribution in [0.1, 0.15) is 10.6 Å². The molecule has 1 rings (SSSR count). The topological polar surface area (TPSA) is 94.0 Å². The molecule has 6 heteroatoms. The molecule has 6 nitrogen and oxygen atoms in total. The van der Waals surface area contributed by atoms with E-state index in [2.05, 4.69) is 10.1 Å². The Morgan fingerprint density at radius 1 is 1.82 bits per heavy atom. The molecule has 0 spiro atoms. The van der Waals surface area contributed by atoms with Gasteiger partial charge in [0.1, 0.15) is 6.33 Å². The standard InChI is InChI=1S/C5H8N4O2/c6-1-2-9-4(5(10)11)7-3-8-9/h3H,1-2,6H2,(H,10,11). The zero-order valence-corrected chi connectivity index (χ0v) is 5.77. The molecule has 3 N–H and O–H groups in total. The van der Waals surface area contributed by atoms with Crippen LogP contribution in [0.2, 0.25) is 0 Å². The van der Waals surface area contributed by atoms with E-state index in [1.807, 2.05) is 0 Å². The van der Waals surface area contributed by atoms with Crippen molar-refractivity contribution < 1.29 is 9.90 Å². The zero-order valence-electron chi connectivity index (χ0n) is 5.77. The van der Waals surface area contributed by atoms with E-state index in [4.69, 9.17) is 10.8 Å². The number of nitrogens with two attached hydrogens (primary N) is 1. The predicted molar refractivity (Wildman–Crippen MR) is 36.0 cm³/mol. The Bertz CT molecular complexity index is 257. The third-order valence-corrected chi connectivity index (χ3v) is 1.15. The Labute approximate surface area is 62.6 Å². The largest absolute Gasteiger partial charge is 0.475 e. The fraction of sp³-hybridized carbons (Fsp3) is 0.400. The van der Waals surface area contributed by atoms with Crippen LogP contribution in [-0.4, -0.2) is 32.4 Å². The van der Waals surface area contributed by atoms with Gasteiger partial charge in [0, 0.05) is 6.54 Å². The summed E-state index contributed by atoms with van der Waals surface area (Å²) in [6.07, 6.45) is 1.19. The third kappa shape index (κ3) is 1.53. The maximum absolute atomic E-state index is 10.4. The molecule has 1 aromatic heterocycles. The normalized spacial score (nSPS) is 9.91. The van der Waals surface area contributed by atoms with E-state index < -0.39 is 5.97 Å². The summed E-state index contributed by atoms with van der Waals surface area (Å²) < 4.78 is 1.25. The molecule has 0 bridgehead atoms. The Morgan fingerprint density at radius 2 is 2.55 bits per heavy atom. The van der Waals surface area contributed by atoms with Gasteiger partial charge in [-0.3, -0.25) is 0 Å². The van der Waals surface area contributed by atoms with E-state index in [-0.39, 0.29) is 5.82 Å². The minimum absolute atomic E-state index is 0.0737. The molecule has 0 saturated carbocycles. The Hall–Kier alpha value is -1.43. The van der Waals surface area contributed by atoms with Gasteiger partial charge in [0.15, 0.2) is 0 Å². The third-order valence-electron chi connectivity index (χ3n) is 1.15. The van der Waals surface area contributed by atoms with Crippen molar-refractivity contribution in [1.29, 1.82) is 0 Å². The van der Waals surface area contributed by atoms with Crippen LogP contribution >= 0.6 is 0 Å². The Balaban J connectivity index is 2.87. The van der Waals surface area contributed by atoms with Crippen molar-refractivity contribution in [3.63, 3.8) is 0 Å². The highest BCUT2D eigenvalue weighted by Crippen LogP contribution is 1.91. The van der Waals surface area contributed by atoms with Gasteiger partial charge in [0.05, 0.1) is 6.54 Å². The van der Waals surface area contributed by atoms with Crippen molar-refractivity contribution in [1.82, 2.24) is 14.8 Å². The first-order valence-corrected chi connectivity index (χ1v) is 3.07. The number of aromatic carboxylic acids is 1. The molecule has 1 aromatic rings. The first kappa shape index (κ1) is 7.67. The smallest absolute Gasteiger partial charge is 0.373 e. The highest BCUT2D eigenvalue weighted by atomic mass is 16.4. The van der Waals surface area contributed by atoms with Crippen LogP contribution in [0, 0.1) is 0 Å². The lowest BCUT2D eigenvalue weighted by Crippen LogP contribution is -2.16. The predicted octanol–water partition coefficient (Wildman–Crippen LogP) is -1.07. The molecule has 1 heterocycles. The molecule has 0 fully saturated rings. The molecule has 0 aliphatic rings. The second-order valence-corrected chi connectivity index (χ2v) is 1.90. The second-order valence-electron chi connectivity index (χ2n) is 1.90. The van der Waals surface area contributed by atoms with Crippen molar-refractivity contribution in [2.24, 2.45) is 5.73 Å². The van der Waals surface area contributed by atoms with Crippen LogP contribution in [0.15, 0.2) is 6.33 Å². The fourth-order valence-corrected chi connectivity index (χ4v) is 0.716. The van der Waals surface area contributed by atoms with Gasteiger partial charge in [-0.1, -0.05) is 0 Å². The summed E-state index contributed by atoms with van der Waals surface area (Å²) in [6.45, 7) is 0.727. The quantitative estimate of drug-likeness (QED) is 0.581. The van der Waals surface area contributed by atoms with E-state index in [0.717, 1.165) is 0 Å². The maximum Gasteiger partial charge on any atom is 0.373 e. The summed E-state index contributed by atoms with van der Waals surface area (Å²) in [6, 6.07) is 0. The van der Waals surface area contributed by atoms with Gasteiger partial charge in [-0.25, -0.2) is 14.5 Å². The van der Waals surface area contributed by atoms with E-state index >= 15 is 0 Å². The number of aromatic nitrogens is 3. The minimum atomic E-state index is -1.09. The molecule has 11 heavy (non-hydrogen) atoms. The van der Waals surface area contributed by atoms with Gasteiger partial charge in [0.25, 0.3) is 0 Å². The van der Waals surface area contributed by atoms with Crippen LogP contribution < -0.4 is 5.73 Å². The number of carboxylic acid groups (broad SMARTS) is 1. The highest BCUT2D eigenvalue weighted by molar-refractivity contribution is 5.83. The van der Waals surface area contributed by atoms with Gasteiger partial charge in [-0.15, -0.1) is 0 Å². The van der Waals surface area contributed by atoms with Gasteiger partial charge in [-0.05, 0) is 0 Å². The summed E-state index contributed by atoms with van der Waals surface area (Å²) >= 11 is 0. The highest BCUT2D eigenvalue weighted by Gasteiger charge is 2.10. The summed E-state index contributed by atoms with van der Waals surface area (Å²) in [7, 11) is 0. The molecule has 0 saturated heterocycles. The van der Waals surface area contributed by atoms with Gasteiger partial charge >= 0.3 is 5.97 Å². The van der Waals surface area contributed by atoms with Crippen molar-refractivity contribution in [2.45, 2.75) is 6.54 Å². The maximum atomic E-state index is 10.4. The molecule has 0 aliphatic carbocycles. The molecule has 0 amide bonds. The molecule has 0 aromatic carbocycles. The van der Waals surface area contributed by atoms with Gasteiger partial charge < -0.3 is 10.8 Å². The number of rotatable bonds is 3. The second kappa shape index (κ2) is 3.11. The molecule has 0 atom stereocenters. The fourth-order valence-electron chi connectivity index (χ4n) is 0.716. The number of carbonyl (C=O) groups is 1. The van der Waals surface area contributed by atoms with Crippen LogP contribution in [0.4, 0.5) is 0 Å². The van der Waals surface area contributed by atoms with Gasteiger partial charge in [0.2, 0.25) is 5.82 Å². The SMILES string of the molecule is NCCn1ncnc1C(=O)O. The van der Waals surface area contributed by atoms with E-state index in [0.29, 0.717) is 13.1 Å². The van der Waals surface area contributed by atoms with Crippen LogP contribution in [-0.2, 0) is 6.54 Å². The Kier molecular flexibility index (Phi) is 2.17. The average Bonchev–Trinajstić information content (AvgIpc) is 2.36. The minimum Gasteiger partial charge on any atom is -0.475 e. The van der Waals surface area contributed by atoms with Crippen molar-refractivity contribution in [3.8, 4) is 0 Å². The number of hydrogen-bond donors (Lipinski definition) is 2. The first-order chi connectivity index (χ1) is 5.25. The lowest BCUT2D eigenvalue weighted by molar-refractivity contribution is 0.0676. The lowest BCUT2D eigenvalue weighted by atomic mass is 10.6. The van der Waals surface area contributed by atoms with E-state index in [9.17, 15) is 4.79 Å². The lowest BCUT2D eigenvalue weighted by Gasteiger charge is -1.97. The molecule has 0 aliphatic heterocycles. The number of hydrogen-bond acceptors (Lipinski definition) is 4. The summed E-state index contributed by atoms with van der Waals surface area (Å²) in [5.74, 6) is -1.16. The first-order valence-electron chi connectivity index (χ1n) is 3.07. The summed E-state index contributed by atoms with van der Waals surface area (Å²) in [4.78, 5) is 13.9. The van der Waals surface area contributed by atoms with E-state index in [1.165, 1.54) is 11.0 Å². The van der Waals surface area contributed by atoms with Crippen molar-refractivity contribution in [3.05, 3.63) is 12.2 Å². The summed E-state index contributed by atoms with van der Waals surface area (Å²) in [5, 5.41) is 12.2. The number of nitrogens with zero attached hydrogens (tertiary/aromatic N) is 3. The van der Waals surface area contributed by atoms with E-state index in [1.54, 1.807) is 0 Å². The van der Waals surface area contributed by atoms with Crippen LogP contribution in [0.25, 0.3) is 0 Å². The molecule has 0 radical (unpaired) electrons.